The molecule has 0 aliphatic carbocycles. The van der Waals surface area contributed by atoms with Crippen LogP contribution in [0.2, 0.25) is 0 Å². The second kappa shape index (κ2) is 6.67. The van der Waals surface area contributed by atoms with Crippen LogP contribution in [0, 0.1) is 0 Å². The summed E-state index contributed by atoms with van der Waals surface area (Å²) in [6.45, 7) is 0. The zero-order chi connectivity index (χ0) is 15.3. The molecule has 0 aliphatic heterocycles. The van der Waals surface area contributed by atoms with Gasteiger partial charge in [0.25, 0.3) is 10.0 Å². The molecule has 0 unspecified atom stereocenters. The average Bonchev–Trinajstić information content (AvgIpc) is 2.36. The number of hydrogen-bond donors (Lipinski definition) is 1. The van der Waals surface area contributed by atoms with Gasteiger partial charge in [-0.2, -0.15) is 8.42 Å². The SMILES string of the molecule is CN(C)/C=N/S(=O)(=O)c1cccc(NC(=S)N(C)C)c1. The Bertz CT molecular complexity index is 610. The predicted octanol–water partition coefficient (Wildman–Crippen LogP) is 1.22. The third-order valence-corrected chi connectivity index (χ3v) is 3.89. The molecule has 1 N–H and O–H groups in total. The number of hydrogen-bond acceptors (Lipinski definition) is 3. The van der Waals surface area contributed by atoms with Crippen LogP contribution >= 0.6 is 12.2 Å². The Morgan fingerprint density at radius 2 is 1.95 bits per heavy atom. The Kier molecular flexibility index (Phi) is 5.46. The van der Waals surface area contributed by atoms with E-state index in [4.69, 9.17) is 12.2 Å². The normalized spacial score (nSPS) is 11.4. The van der Waals surface area contributed by atoms with Gasteiger partial charge in [0.2, 0.25) is 0 Å². The summed E-state index contributed by atoms with van der Waals surface area (Å²) in [6, 6.07) is 6.37. The second-order valence-electron chi connectivity index (χ2n) is 4.51. The van der Waals surface area contributed by atoms with Crippen molar-refractivity contribution >= 4 is 39.4 Å². The third-order valence-electron chi connectivity index (χ3n) is 2.21. The Balaban J connectivity index is 3.01. The molecule has 0 saturated carbocycles. The number of nitrogens with zero attached hydrogens (tertiary/aromatic N) is 3. The van der Waals surface area contributed by atoms with E-state index in [1.807, 2.05) is 0 Å². The molecule has 20 heavy (non-hydrogen) atoms. The standard InChI is InChI=1S/C12H18N4O2S2/c1-15(2)9-13-20(17,18)11-7-5-6-10(8-11)14-12(19)16(3)4/h5-9H,1-4H3,(H,14,19)/b13-9+. The van der Waals surface area contributed by atoms with Crippen molar-refractivity contribution in [3.63, 3.8) is 0 Å². The molecule has 1 aromatic rings. The third kappa shape index (κ3) is 4.78. The number of anilines is 1. The van der Waals surface area contributed by atoms with Gasteiger partial charge in [-0.25, -0.2) is 0 Å². The van der Waals surface area contributed by atoms with Crippen LogP contribution in [0.3, 0.4) is 0 Å². The monoisotopic (exact) mass is 314 g/mol. The van der Waals surface area contributed by atoms with Gasteiger partial charge >= 0.3 is 0 Å². The molecule has 0 atom stereocenters. The summed E-state index contributed by atoms with van der Waals surface area (Å²) in [7, 11) is 3.30. The molecule has 0 aliphatic rings. The maximum Gasteiger partial charge on any atom is 0.283 e. The van der Waals surface area contributed by atoms with Crippen molar-refractivity contribution in [3.8, 4) is 0 Å². The fourth-order valence-electron chi connectivity index (χ4n) is 1.19. The summed E-state index contributed by atoms with van der Waals surface area (Å²) in [5, 5.41) is 3.45. The molecule has 0 spiro atoms. The second-order valence-corrected chi connectivity index (χ2v) is 6.53. The predicted molar refractivity (Wildman–Crippen MR) is 85.7 cm³/mol. The van der Waals surface area contributed by atoms with Crippen LogP contribution in [0.25, 0.3) is 0 Å². The molecule has 0 saturated heterocycles. The lowest BCUT2D eigenvalue weighted by Gasteiger charge is -2.15. The number of nitrogens with one attached hydrogen (secondary N) is 1. The topological polar surface area (TPSA) is 65.0 Å². The van der Waals surface area contributed by atoms with E-state index in [-0.39, 0.29) is 4.90 Å². The molecule has 0 amide bonds. The summed E-state index contributed by atoms with van der Waals surface area (Å²) in [4.78, 5) is 3.39. The molecule has 6 nitrogen and oxygen atoms in total. The van der Waals surface area contributed by atoms with Crippen LogP contribution in [0.5, 0.6) is 0 Å². The molecule has 1 aromatic carbocycles. The molecule has 0 fully saturated rings. The van der Waals surface area contributed by atoms with Crippen molar-refractivity contribution in [2.24, 2.45) is 4.40 Å². The minimum atomic E-state index is -3.70. The van der Waals surface area contributed by atoms with Gasteiger partial charge in [-0.15, -0.1) is 4.40 Å². The molecule has 110 valence electrons. The zero-order valence-electron chi connectivity index (χ0n) is 11.9. The van der Waals surface area contributed by atoms with Crippen LogP contribution in [0.4, 0.5) is 5.69 Å². The first-order valence-corrected chi connectivity index (χ1v) is 7.62. The summed E-state index contributed by atoms with van der Waals surface area (Å²) >= 11 is 5.11. The highest BCUT2D eigenvalue weighted by molar-refractivity contribution is 7.90. The van der Waals surface area contributed by atoms with Gasteiger partial charge in [0.15, 0.2) is 5.11 Å². The van der Waals surface area contributed by atoms with Gasteiger partial charge < -0.3 is 15.1 Å². The minimum Gasteiger partial charge on any atom is -0.368 e. The summed E-state index contributed by atoms with van der Waals surface area (Å²) < 4.78 is 27.6. The van der Waals surface area contributed by atoms with Gasteiger partial charge in [0.1, 0.15) is 6.34 Å². The van der Waals surface area contributed by atoms with E-state index in [2.05, 4.69) is 9.71 Å². The first kappa shape index (κ1) is 16.4. The fourth-order valence-corrected chi connectivity index (χ4v) is 2.27. The smallest absolute Gasteiger partial charge is 0.283 e. The Morgan fingerprint density at radius 3 is 2.50 bits per heavy atom. The quantitative estimate of drug-likeness (QED) is 0.512. The van der Waals surface area contributed by atoms with Gasteiger partial charge in [0.05, 0.1) is 4.90 Å². The molecule has 0 heterocycles. The van der Waals surface area contributed by atoms with Crippen molar-refractivity contribution < 1.29 is 8.42 Å². The maximum atomic E-state index is 12.0. The molecule has 1 rings (SSSR count). The highest BCUT2D eigenvalue weighted by atomic mass is 32.2. The highest BCUT2D eigenvalue weighted by Gasteiger charge is 2.12. The van der Waals surface area contributed by atoms with Crippen molar-refractivity contribution in [1.82, 2.24) is 9.80 Å². The Hall–Kier alpha value is -1.67. The van der Waals surface area contributed by atoms with E-state index >= 15 is 0 Å². The summed E-state index contributed by atoms with van der Waals surface area (Å²) in [5.41, 5.74) is 0.602. The molecule has 0 aromatic heterocycles. The number of sulfonamides is 1. The first-order chi connectivity index (χ1) is 9.22. The van der Waals surface area contributed by atoms with E-state index in [1.165, 1.54) is 18.5 Å². The number of benzene rings is 1. The lowest BCUT2D eigenvalue weighted by molar-refractivity contribution is 0.595. The summed E-state index contributed by atoms with van der Waals surface area (Å²) in [6.07, 6.45) is 1.25. The van der Waals surface area contributed by atoms with Crippen LogP contribution in [-0.4, -0.2) is 57.9 Å². The summed E-state index contributed by atoms with van der Waals surface area (Å²) in [5.74, 6) is 0. The molecular weight excluding hydrogens is 296 g/mol. The van der Waals surface area contributed by atoms with Crippen molar-refractivity contribution in [1.29, 1.82) is 0 Å². The van der Waals surface area contributed by atoms with Gasteiger partial charge in [-0.05, 0) is 30.4 Å². The van der Waals surface area contributed by atoms with Gasteiger partial charge in [-0.1, -0.05) is 6.07 Å². The van der Waals surface area contributed by atoms with Crippen LogP contribution in [-0.2, 0) is 10.0 Å². The maximum absolute atomic E-state index is 12.0. The fraction of sp³-hybridized carbons (Fsp3) is 0.333. The van der Waals surface area contributed by atoms with Crippen molar-refractivity contribution in [3.05, 3.63) is 24.3 Å². The molecule has 0 radical (unpaired) electrons. The largest absolute Gasteiger partial charge is 0.368 e. The molecular formula is C12H18N4O2S2. The first-order valence-electron chi connectivity index (χ1n) is 5.77. The van der Waals surface area contributed by atoms with E-state index in [0.717, 1.165) is 0 Å². The average molecular weight is 314 g/mol. The van der Waals surface area contributed by atoms with Gasteiger partial charge in [0, 0.05) is 33.9 Å². The van der Waals surface area contributed by atoms with Crippen LogP contribution in [0.1, 0.15) is 0 Å². The zero-order valence-corrected chi connectivity index (χ0v) is 13.5. The molecule has 0 bridgehead atoms. The number of thiocarbonyl (C=S) groups is 1. The Morgan fingerprint density at radius 1 is 1.30 bits per heavy atom. The lowest BCUT2D eigenvalue weighted by Crippen LogP contribution is -2.27. The van der Waals surface area contributed by atoms with E-state index < -0.39 is 10.0 Å². The van der Waals surface area contributed by atoms with Crippen LogP contribution < -0.4 is 5.32 Å². The van der Waals surface area contributed by atoms with Crippen molar-refractivity contribution in [2.45, 2.75) is 4.90 Å². The van der Waals surface area contributed by atoms with Gasteiger partial charge in [-0.3, -0.25) is 0 Å². The number of rotatable bonds is 4. The Labute approximate surface area is 125 Å². The van der Waals surface area contributed by atoms with E-state index in [9.17, 15) is 8.42 Å². The van der Waals surface area contributed by atoms with Crippen LogP contribution in [0.15, 0.2) is 33.6 Å². The lowest BCUT2D eigenvalue weighted by atomic mass is 10.3. The highest BCUT2D eigenvalue weighted by Crippen LogP contribution is 2.17. The van der Waals surface area contributed by atoms with Crippen molar-refractivity contribution in [2.75, 3.05) is 33.5 Å². The molecule has 8 heteroatoms. The van der Waals surface area contributed by atoms with E-state index in [1.54, 1.807) is 50.1 Å². The minimum absolute atomic E-state index is 0.113. The van der Waals surface area contributed by atoms with E-state index in [0.29, 0.717) is 10.8 Å².